The molecule has 0 fully saturated rings. The third-order valence-electron chi connectivity index (χ3n) is 6.40. The highest BCUT2D eigenvalue weighted by Gasteiger charge is 2.25. The number of aryl methyl sites for hydroxylation is 1. The second-order valence-electron chi connectivity index (χ2n) is 10.4. The molecule has 0 bridgehead atoms. The van der Waals surface area contributed by atoms with Crippen LogP contribution in [-0.4, -0.2) is 65.0 Å². The summed E-state index contributed by atoms with van der Waals surface area (Å²) >= 11 is 5.97. The second-order valence-corrected chi connectivity index (χ2v) is 10.8. The van der Waals surface area contributed by atoms with Crippen LogP contribution in [0.3, 0.4) is 0 Å². The fraction of sp³-hybridized carbons (Fsp3) is 0.533. The van der Waals surface area contributed by atoms with Crippen molar-refractivity contribution >= 4 is 23.4 Å². The molecule has 0 saturated heterocycles. The van der Waals surface area contributed by atoms with Gasteiger partial charge in [0.05, 0.1) is 6.10 Å². The molecule has 0 unspecified atom stereocenters. The Morgan fingerprint density at radius 3 is 1.97 bits per heavy atom. The van der Waals surface area contributed by atoms with E-state index in [0.717, 1.165) is 30.4 Å². The molecule has 2 aromatic carbocycles. The van der Waals surface area contributed by atoms with Crippen LogP contribution in [0.2, 0.25) is 5.02 Å². The van der Waals surface area contributed by atoms with Crippen molar-refractivity contribution in [1.29, 1.82) is 0 Å². The van der Waals surface area contributed by atoms with Crippen LogP contribution in [-0.2, 0) is 6.42 Å². The van der Waals surface area contributed by atoms with E-state index in [4.69, 9.17) is 17.3 Å². The van der Waals surface area contributed by atoms with E-state index in [-0.39, 0.29) is 18.4 Å². The molecule has 0 saturated carbocycles. The van der Waals surface area contributed by atoms with Crippen molar-refractivity contribution < 1.29 is 14.7 Å². The monoisotopic (exact) mass is 529 g/mol. The zero-order valence-corrected chi connectivity index (χ0v) is 23.8. The largest absolute Gasteiger partial charge is 0.390 e. The first-order valence-electron chi connectivity index (χ1n) is 13.4. The van der Waals surface area contributed by atoms with Crippen LogP contribution in [0, 0.1) is 12.8 Å². The summed E-state index contributed by atoms with van der Waals surface area (Å²) in [6, 6.07) is 12.2. The molecule has 0 aromatic heterocycles. The Balaban J connectivity index is 2.25. The Kier molecular flexibility index (Phi) is 12.6. The van der Waals surface area contributed by atoms with Crippen molar-refractivity contribution in [3.63, 3.8) is 0 Å². The van der Waals surface area contributed by atoms with E-state index >= 15 is 0 Å². The highest BCUT2D eigenvalue weighted by molar-refractivity contribution is 6.30. The minimum absolute atomic E-state index is 0.0554. The van der Waals surface area contributed by atoms with E-state index in [0.29, 0.717) is 48.1 Å². The maximum atomic E-state index is 13.7. The third kappa shape index (κ3) is 9.76. The van der Waals surface area contributed by atoms with Crippen molar-refractivity contribution in [1.82, 2.24) is 9.80 Å². The van der Waals surface area contributed by atoms with Crippen molar-refractivity contribution in [3.05, 3.63) is 69.7 Å². The number of hydrogen-bond acceptors (Lipinski definition) is 4. The smallest absolute Gasteiger partial charge is 0.253 e. The molecular formula is C30H44ClN3O3. The zero-order chi connectivity index (χ0) is 27.5. The van der Waals surface area contributed by atoms with Gasteiger partial charge in [0.25, 0.3) is 11.8 Å². The van der Waals surface area contributed by atoms with Gasteiger partial charge in [-0.3, -0.25) is 9.59 Å². The lowest BCUT2D eigenvalue weighted by atomic mass is 10.0. The van der Waals surface area contributed by atoms with Crippen LogP contribution in [0.4, 0.5) is 0 Å². The summed E-state index contributed by atoms with van der Waals surface area (Å²) < 4.78 is 0. The summed E-state index contributed by atoms with van der Waals surface area (Å²) in [7, 11) is 0. The molecule has 3 N–H and O–H groups in total. The number of aliphatic hydroxyl groups excluding tert-OH is 1. The number of carbonyl (C=O) groups excluding carboxylic acids is 2. The van der Waals surface area contributed by atoms with Gasteiger partial charge in [-0.1, -0.05) is 51.4 Å². The number of halogens is 1. The van der Waals surface area contributed by atoms with E-state index in [1.165, 1.54) is 0 Å². The Morgan fingerprint density at radius 2 is 1.46 bits per heavy atom. The summed E-state index contributed by atoms with van der Waals surface area (Å²) in [4.78, 5) is 30.4. The molecule has 2 amide bonds. The quantitative estimate of drug-likeness (QED) is 0.346. The van der Waals surface area contributed by atoms with Gasteiger partial charge in [-0.25, -0.2) is 0 Å². The minimum atomic E-state index is -0.901. The molecule has 6 nitrogen and oxygen atoms in total. The van der Waals surface area contributed by atoms with Crippen molar-refractivity contribution in [2.45, 2.75) is 72.4 Å². The molecule has 0 heterocycles. The van der Waals surface area contributed by atoms with E-state index in [1.54, 1.807) is 23.1 Å². The van der Waals surface area contributed by atoms with Crippen LogP contribution in [0.15, 0.2) is 42.5 Å². The number of hydrogen-bond donors (Lipinski definition) is 2. The molecule has 0 aliphatic heterocycles. The molecule has 2 atom stereocenters. The number of benzene rings is 2. The first-order valence-corrected chi connectivity index (χ1v) is 13.8. The summed E-state index contributed by atoms with van der Waals surface area (Å²) in [5, 5.41) is 11.6. The molecule has 0 radical (unpaired) electrons. The Bertz CT molecular complexity index is 1000. The fourth-order valence-corrected chi connectivity index (χ4v) is 4.46. The van der Waals surface area contributed by atoms with Gasteiger partial charge in [0, 0.05) is 48.4 Å². The highest BCUT2D eigenvalue weighted by Crippen LogP contribution is 2.18. The molecule has 0 aliphatic rings. The standard InChI is InChI=1S/C30H44ClN3O3/c1-6-13-33(14-7-2)29(36)24-16-22(5)17-25(19-24)30(37)34(15-12-21(3)4)20-28(35)27(32)18-23-8-10-26(31)11-9-23/h8-11,16-17,19,21,27-28,35H,6-7,12-15,18,20,32H2,1-5H3/t27-,28+/m0/s1. The first-order chi connectivity index (χ1) is 17.5. The molecule has 2 rings (SSSR count). The predicted molar refractivity (Wildman–Crippen MR) is 152 cm³/mol. The lowest BCUT2D eigenvalue weighted by Gasteiger charge is -2.29. The van der Waals surface area contributed by atoms with Gasteiger partial charge in [-0.05, 0) is 80.0 Å². The van der Waals surface area contributed by atoms with Crippen molar-refractivity contribution in [3.8, 4) is 0 Å². The van der Waals surface area contributed by atoms with Crippen molar-refractivity contribution in [2.24, 2.45) is 11.7 Å². The lowest BCUT2D eigenvalue weighted by Crippen LogP contribution is -2.47. The maximum Gasteiger partial charge on any atom is 0.253 e. The molecule has 2 aromatic rings. The number of carbonyl (C=O) groups is 2. The highest BCUT2D eigenvalue weighted by atomic mass is 35.5. The summed E-state index contributed by atoms with van der Waals surface area (Å²) in [5.74, 6) is 0.135. The SMILES string of the molecule is CCCN(CCC)C(=O)c1cc(C)cc(C(=O)N(CCC(C)C)C[C@@H](O)[C@@H](N)Cc2ccc(Cl)cc2)c1. The average molecular weight is 530 g/mol. The van der Waals surface area contributed by atoms with Crippen LogP contribution < -0.4 is 5.73 Å². The van der Waals surface area contributed by atoms with Gasteiger partial charge >= 0.3 is 0 Å². The first kappa shape index (κ1) is 30.8. The summed E-state index contributed by atoms with van der Waals surface area (Å²) in [6.45, 7) is 12.2. The molecular weight excluding hydrogens is 486 g/mol. The molecule has 0 aliphatic carbocycles. The molecule has 7 heteroatoms. The van der Waals surface area contributed by atoms with Gasteiger partial charge in [0.1, 0.15) is 0 Å². The minimum Gasteiger partial charge on any atom is -0.390 e. The number of aliphatic hydroxyl groups is 1. The number of rotatable bonds is 14. The van der Waals surface area contributed by atoms with Gasteiger partial charge in [-0.2, -0.15) is 0 Å². The van der Waals surface area contributed by atoms with Gasteiger partial charge < -0.3 is 20.6 Å². The van der Waals surface area contributed by atoms with Crippen LogP contribution in [0.5, 0.6) is 0 Å². The lowest BCUT2D eigenvalue weighted by molar-refractivity contribution is 0.0563. The van der Waals surface area contributed by atoms with Crippen LogP contribution in [0.25, 0.3) is 0 Å². The predicted octanol–water partition coefficient (Wildman–Crippen LogP) is 5.33. The summed E-state index contributed by atoms with van der Waals surface area (Å²) in [6.07, 6.45) is 2.12. The zero-order valence-electron chi connectivity index (χ0n) is 23.0. The Labute approximate surface area is 227 Å². The molecule has 204 valence electrons. The van der Waals surface area contributed by atoms with Crippen molar-refractivity contribution in [2.75, 3.05) is 26.2 Å². The average Bonchev–Trinajstić information content (AvgIpc) is 2.86. The normalized spacial score (nSPS) is 12.9. The van der Waals surface area contributed by atoms with Gasteiger partial charge in [0.15, 0.2) is 0 Å². The van der Waals surface area contributed by atoms with Crippen LogP contribution in [0.1, 0.15) is 78.8 Å². The Hall–Kier alpha value is -2.41. The van der Waals surface area contributed by atoms with E-state index in [9.17, 15) is 14.7 Å². The van der Waals surface area contributed by atoms with Gasteiger partial charge in [0.2, 0.25) is 0 Å². The third-order valence-corrected chi connectivity index (χ3v) is 6.65. The van der Waals surface area contributed by atoms with E-state index in [1.807, 2.05) is 36.1 Å². The second kappa shape index (κ2) is 15.1. The maximum absolute atomic E-state index is 13.7. The van der Waals surface area contributed by atoms with E-state index < -0.39 is 12.1 Å². The molecule has 0 spiro atoms. The van der Waals surface area contributed by atoms with Crippen LogP contribution >= 0.6 is 11.6 Å². The molecule has 37 heavy (non-hydrogen) atoms. The van der Waals surface area contributed by atoms with E-state index in [2.05, 4.69) is 27.7 Å². The Morgan fingerprint density at radius 1 is 0.919 bits per heavy atom. The number of amides is 2. The van der Waals surface area contributed by atoms with Gasteiger partial charge in [-0.15, -0.1) is 0 Å². The number of nitrogens with two attached hydrogens (primary N) is 1. The summed E-state index contributed by atoms with van der Waals surface area (Å²) in [5.41, 5.74) is 9.14. The topological polar surface area (TPSA) is 86.9 Å². The number of nitrogens with zero attached hydrogens (tertiary/aromatic N) is 2. The fourth-order valence-electron chi connectivity index (χ4n) is 4.33.